The summed E-state index contributed by atoms with van der Waals surface area (Å²) in [5.74, 6) is -0.444. The molecule has 0 fully saturated rings. The molecule has 1 aliphatic carbocycles. The van der Waals surface area contributed by atoms with Gasteiger partial charge in [-0.3, -0.25) is 4.79 Å². The van der Waals surface area contributed by atoms with Gasteiger partial charge in [0.05, 0.1) is 12.7 Å². The normalized spacial score (nSPS) is 22.3. The summed E-state index contributed by atoms with van der Waals surface area (Å²) in [4.78, 5) is 32.4. The molecule has 0 saturated carbocycles. The molecule has 0 aromatic heterocycles. The summed E-state index contributed by atoms with van der Waals surface area (Å²) in [6.45, 7) is 7.71. The minimum atomic E-state index is -3.04. The van der Waals surface area contributed by atoms with Crippen LogP contribution in [-0.2, 0) is 28.3 Å². The third-order valence-corrected chi connectivity index (χ3v) is 4.08. The van der Waals surface area contributed by atoms with Gasteiger partial charge in [0.15, 0.2) is 0 Å². The van der Waals surface area contributed by atoms with E-state index in [1.807, 2.05) is 0 Å². The van der Waals surface area contributed by atoms with E-state index in [1.165, 1.54) is 6.92 Å². The third-order valence-electron chi connectivity index (χ3n) is 3.94. The smallest absolute Gasteiger partial charge is 0.521 e. The Hall–Kier alpha value is -1.42. The lowest BCUT2D eigenvalue weighted by Gasteiger charge is -2.34. The van der Waals surface area contributed by atoms with Gasteiger partial charge in [-0.1, -0.05) is 13.8 Å². The topological polar surface area (TPSA) is 162 Å². The van der Waals surface area contributed by atoms with E-state index in [1.54, 1.807) is 13.0 Å². The molecule has 1 rings (SSSR count). The van der Waals surface area contributed by atoms with Crippen molar-refractivity contribution >= 4 is 20.1 Å². The van der Waals surface area contributed by atoms with Gasteiger partial charge in [-0.05, 0) is 30.4 Å². The number of rotatable bonds is 8. The summed E-state index contributed by atoms with van der Waals surface area (Å²) < 4.78 is 22.8. The Morgan fingerprint density at radius 1 is 1.44 bits per heavy atom. The molecule has 1 aliphatic rings. The van der Waals surface area contributed by atoms with Gasteiger partial charge in [0.1, 0.15) is 18.2 Å². The predicted octanol–water partition coefficient (Wildman–Crippen LogP) is 0.175. The average Bonchev–Trinajstić information content (AvgIpc) is 2.62. The fraction of sp³-hybridized carbons (Fsp3) is 0.750. The van der Waals surface area contributed by atoms with Gasteiger partial charge >= 0.3 is 14.2 Å². The van der Waals surface area contributed by atoms with Gasteiger partial charge in [0.25, 0.3) is 0 Å². The Morgan fingerprint density at radius 3 is 2.41 bits per heavy atom. The first-order valence-corrected chi connectivity index (χ1v) is 9.88. The molecule has 10 nitrogen and oxygen atoms in total. The number of amides is 1. The zero-order valence-corrected chi connectivity index (χ0v) is 17.1. The number of ether oxygens (including phenoxy) is 2. The molecule has 0 radical (unpaired) electrons. The van der Waals surface area contributed by atoms with E-state index in [2.05, 4.69) is 29.6 Å². The number of hydrogen-bond acceptors (Lipinski definition) is 8. The molecule has 0 aromatic rings. The largest absolute Gasteiger partial charge is 1.00 e. The van der Waals surface area contributed by atoms with Crippen molar-refractivity contribution in [3.05, 3.63) is 11.6 Å². The second-order valence-corrected chi connectivity index (χ2v) is 6.56. The van der Waals surface area contributed by atoms with E-state index < -0.39 is 8.25 Å². The van der Waals surface area contributed by atoms with Crippen molar-refractivity contribution in [1.29, 1.82) is 0 Å². The van der Waals surface area contributed by atoms with Crippen molar-refractivity contribution in [3.8, 4) is 0 Å². The van der Waals surface area contributed by atoms with Gasteiger partial charge in [0, 0.05) is 23.6 Å². The molecule has 0 heterocycles. The van der Waals surface area contributed by atoms with E-state index in [-0.39, 0.29) is 37.6 Å². The van der Waals surface area contributed by atoms with E-state index in [0.29, 0.717) is 18.6 Å². The van der Waals surface area contributed by atoms with Crippen molar-refractivity contribution in [2.75, 3.05) is 6.61 Å². The van der Waals surface area contributed by atoms with Crippen LogP contribution >= 0.6 is 8.25 Å². The van der Waals surface area contributed by atoms with Crippen LogP contribution in [0.1, 0.15) is 48.4 Å². The lowest BCUT2D eigenvalue weighted by Crippen LogP contribution is -2.73. The first-order chi connectivity index (χ1) is 12.7. The third kappa shape index (κ3) is 9.90. The van der Waals surface area contributed by atoms with Crippen LogP contribution in [-0.4, -0.2) is 48.0 Å². The molecule has 27 heavy (non-hydrogen) atoms. The highest BCUT2D eigenvalue weighted by Gasteiger charge is 2.38. The Kier molecular flexibility index (Phi) is 13.0. The maximum atomic E-state index is 12.0. The van der Waals surface area contributed by atoms with Gasteiger partial charge in [-0.25, -0.2) is 10.1 Å². The van der Waals surface area contributed by atoms with Crippen molar-refractivity contribution in [3.63, 3.8) is 0 Å². The number of hydrogen-bond donors (Lipinski definition) is 3. The van der Waals surface area contributed by atoms with Crippen LogP contribution in [0, 0.1) is 0 Å². The molecule has 1 amide bonds. The number of quaternary nitrogens is 1. The predicted molar refractivity (Wildman–Crippen MR) is 95.3 cm³/mol. The highest BCUT2D eigenvalue weighted by Crippen LogP contribution is 2.23. The first-order valence-electron chi connectivity index (χ1n) is 8.79. The maximum Gasteiger partial charge on any atom is 0.521 e. The maximum absolute atomic E-state index is 12.0. The molecule has 11 heteroatoms. The lowest BCUT2D eigenvalue weighted by atomic mass is 9.88. The standard InChI is InChI=1S/C16H28N2O4.HO4P.H/c1-5-12(6-2)22-14-9-11(16(20)21-7-3)8-13(17)15(14)18-10(4)19;1-4-5(2)3;/h9,12-15H,5-8,17H2,1-4H3,(H,18,19);1H;/q;;-1/p+1/t13-,14+,15+;;/m0../s1. The van der Waals surface area contributed by atoms with Crippen LogP contribution in [0.2, 0.25) is 0 Å². The molecule has 0 bridgehead atoms. The highest BCUT2D eigenvalue weighted by molar-refractivity contribution is 7.30. The Morgan fingerprint density at radius 2 is 2.00 bits per heavy atom. The van der Waals surface area contributed by atoms with Crippen LogP contribution < -0.4 is 15.9 Å². The summed E-state index contributed by atoms with van der Waals surface area (Å²) in [6.07, 6.45) is 3.76. The molecule has 0 saturated heterocycles. The van der Waals surface area contributed by atoms with Crippen LogP contribution in [0.25, 0.3) is 0 Å². The summed E-state index contributed by atoms with van der Waals surface area (Å²) in [6, 6.07) is -0.357. The Bertz CT molecular complexity index is 531. The monoisotopic (exact) mass is 410 g/mol. The number of carbonyl (C=O) groups excluding carboxylic acids is 2. The molecular weight excluding hydrogens is 379 g/mol. The number of esters is 1. The lowest BCUT2D eigenvalue weighted by molar-refractivity contribution is -0.429. The van der Waals surface area contributed by atoms with Crippen LogP contribution in [0.5, 0.6) is 0 Å². The second kappa shape index (κ2) is 13.7. The summed E-state index contributed by atoms with van der Waals surface area (Å²) in [5, 5.41) is 9.95. The zero-order valence-electron chi connectivity index (χ0n) is 17.2. The zero-order chi connectivity index (χ0) is 21.0. The van der Waals surface area contributed by atoms with E-state index in [0.717, 1.165) is 12.8 Å². The summed E-state index contributed by atoms with van der Waals surface area (Å²) in [7, 11) is -3.04. The highest BCUT2D eigenvalue weighted by atomic mass is 31.1. The molecule has 0 aromatic carbocycles. The quantitative estimate of drug-likeness (QED) is 0.221. The SMILES string of the molecule is CCOC(=O)C1=C[C@@H](OC(CC)CC)[C@H](NC(C)=O)[C@@H]([NH3+])C1.O=[P+]([O-])OO.[H-]. The Balaban J connectivity index is 0. The minimum Gasteiger partial charge on any atom is -1.00 e. The average molecular weight is 410 g/mol. The molecule has 0 aliphatic heterocycles. The van der Waals surface area contributed by atoms with E-state index in [9.17, 15) is 9.59 Å². The molecule has 5 N–H and O–H groups in total. The van der Waals surface area contributed by atoms with Gasteiger partial charge in [-0.15, -0.1) is 0 Å². The fourth-order valence-corrected chi connectivity index (χ4v) is 2.68. The van der Waals surface area contributed by atoms with Crippen molar-refractivity contribution in [1.82, 2.24) is 5.32 Å². The van der Waals surface area contributed by atoms with Crippen LogP contribution in [0.4, 0.5) is 0 Å². The fourth-order valence-electron chi connectivity index (χ4n) is 2.68. The van der Waals surface area contributed by atoms with Crippen LogP contribution in [0.15, 0.2) is 11.6 Å². The summed E-state index contributed by atoms with van der Waals surface area (Å²) >= 11 is 0. The van der Waals surface area contributed by atoms with Crippen molar-refractivity contribution < 1.29 is 45.6 Å². The molecule has 158 valence electrons. The van der Waals surface area contributed by atoms with Crippen molar-refractivity contribution in [2.24, 2.45) is 0 Å². The molecule has 1 unspecified atom stereocenters. The van der Waals surface area contributed by atoms with Crippen LogP contribution in [0.3, 0.4) is 0 Å². The molecular formula is C16H31N2O8P. The molecule has 0 spiro atoms. The minimum absolute atomic E-state index is 0. The molecule has 4 atom stereocenters. The van der Waals surface area contributed by atoms with Gasteiger partial charge in [0.2, 0.25) is 5.91 Å². The van der Waals surface area contributed by atoms with Crippen molar-refractivity contribution in [2.45, 2.75) is 71.2 Å². The second-order valence-electron chi connectivity index (χ2n) is 5.95. The van der Waals surface area contributed by atoms with Gasteiger partial charge in [-0.2, -0.15) is 0 Å². The van der Waals surface area contributed by atoms with E-state index in [4.69, 9.17) is 24.2 Å². The van der Waals surface area contributed by atoms with Gasteiger partial charge < -0.3 is 26.8 Å². The first kappa shape index (κ1) is 25.6. The number of carbonyl (C=O) groups is 2. The summed E-state index contributed by atoms with van der Waals surface area (Å²) in [5.41, 5.74) is 4.67. The number of nitrogens with one attached hydrogen (secondary N) is 1. The Labute approximate surface area is 161 Å². The van der Waals surface area contributed by atoms with E-state index >= 15 is 0 Å².